The molecule has 0 aromatic carbocycles. The largest absolute Gasteiger partial charge is 0.463 e. The minimum atomic E-state index is -1.68. The van der Waals surface area contributed by atoms with Crippen LogP contribution >= 0.6 is 0 Å². The zero-order valence-electron chi connectivity index (χ0n) is 46.0. The molecule has 386 valence electrons. The second-order valence-electron chi connectivity index (χ2n) is 27.3. The van der Waals surface area contributed by atoms with Crippen molar-refractivity contribution in [3.8, 4) is 0 Å². The third kappa shape index (κ3) is 11.8. The second kappa shape index (κ2) is 19.6. The number of carbonyl (C=O) groups excluding carboxylic acids is 4. The molecule has 3 aliphatic carbocycles. The van der Waals surface area contributed by atoms with Crippen LogP contribution in [0.3, 0.4) is 0 Å². The summed E-state index contributed by atoms with van der Waals surface area (Å²) in [5, 5.41) is 24.6. The Labute approximate surface area is 407 Å². The van der Waals surface area contributed by atoms with Gasteiger partial charge in [0.1, 0.15) is 11.2 Å². The SMILES string of the molecule is C=C1CC(C)(O)CC(CC)(OC(=O)C(CC(C)(C)C(C)(C)C(CC(C)(O)C(C)(C)C(C)(CC(C)(C)C)C(=O)OC2(C)C(C)CC3CC(CC)CC2C3)C(=O)OC2CCOC2=O)C(C)(C)CC)C1. The van der Waals surface area contributed by atoms with E-state index in [9.17, 15) is 19.8 Å². The van der Waals surface area contributed by atoms with Crippen molar-refractivity contribution in [2.24, 2.45) is 68.0 Å². The van der Waals surface area contributed by atoms with E-state index in [1.807, 2.05) is 41.5 Å². The van der Waals surface area contributed by atoms with E-state index in [1.54, 1.807) is 13.8 Å². The molecule has 3 saturated carbocycles. The summed E-state index contributed by atoms with van der Waals surface area (Å²) in [6.07, 6.45) is 7.65. The van der Waals surface area contributed by atoms with Gasteiger partial charge in [-0.2, -0.15) is 0 Å². The smallest absolute Gasteiger partial charge is 0.347 e. The fraction of sp³-hybridized carbons (Fsp3) is 0.895. The molecule has 4 fully saturated rings. The standard InChI is InChI=1S/C57H98O10/c1-21-38-27-39-26-37(5)56(20,40(28-38)29-39)67-47(61)54(18,34-48(6,7)8)52(15,16)55(19,63)33-42(44(58)65-43-24-25-64-46(43)60)51(13,14)50(11,12)32-41(49(9,10)22-2)45(59)66-57(23-3)31-36(4)30-53(17,62)35-57/h37-43,62-63H,4,21-35H2,1-3,5-20H3. The van der Waals surface area contributed by atoms with Gasteiger partial charge < -0.3 is 29.2 Å². The zero-order chi connectivity index (χ0) is 51.4. The van der Waals surface area contributed by atoms with Gasteiger partial charge in [-0.1, -0.05) is 129 Å². The quantitative estimate of drug-likeness (QED) is 0.0729. The molecular weight excluding hydrogens is 845 g/mol. The Morgan fingerprint density at radius 3 is 1.96 bits per heavy atom. The number of aliphatic hydroxyl groups is 2. The second-order valence-corrected chi connectivity index (χ2v) is 27.3. The van der Waals surface area contributed by atoms with Crippen molar-refractivity contribution in [2.75, 3.05) is 6.61 Å². The molecule has 4 aliphatic rings. The number of ether oxygens (including phenoxy) is 4. The lowest BCUT2D eigenvalue weighted by molar-refractivity contribution is -0.220. The minimum Gasteiger partial charge on any atom is -0.463 e. The van der Waals surface area contributed by atoms with Crippen molar-refractivity contribution >= 4 is 23.9 Å². The molecule has 0 aromatic rings. The van der Waals surface area contributed by atoms with E-state index in [-0.39, 0.29) is 48.6 Å². The Hall–Kier alpha value is -2.46. The Bertz CT molecular complexity index is 1810. The van der Waals surface area contributed by atoms with E-state index in [4.69, 9.17) is 18.9 Å². The number of hydrogen-bond acceptors (Lipinski definition) is 10. The maximum Gasteiger partial charge on any atom is 0.347 e. The third-order valence-electron chi connectivity index (χ3n) is 19.7. The lowest BCUT2D eigenvalue weighted by Gasteiger charge is -2.57. The van der Waals surface area contributed by atoms with Crippen molar-refractivity contribution in [1.82, 2.24) is 0 Å². The molecule has 12 atom stereocenters. The summed E-state index contributed by atoms with van der Waals surface area (Å²) in [6, 6.07) is 0. The summed E-state index contributed by atoms with van der Waals surface area (Å²) < 4.78 is 24.9. The molecule has 1 heterocycles. The van der Waals surface area contributed by atoms with Crippen LogP contribution in [0.15, 0.2) is 12.2 Å². The average Bonchev–Trinajstić information content (AvgIpc) is 3.59. The van der Waals surface area contributed by atoms with E-state index in [0.717, 1.165) is 31.3 Å². The highest BCUT2D eigenvalue weighted by Crippen LogP contribution is 2.60. The van der Waals surface area contributed by atoms with Crippen LogP contribution < -0.4 is 0 Å². The number of hydrogen-bond donors (Lipinski definition) is 2. The molecule has 10 heteroatoms. The van der Waals surface area contributed by atoms with Crippen LogP contribution in [0.4, 0.5) is 0 Å². The summed E-state index contributed by atoms with van der Waals surface area (Å²) in [6.45, 7) is 42.9. The van der Waals surface area contributed by atoms with Crippen molar-refractivity contribution in [2.45, 2.75) is 250 Å². The maximum atomic E-state index is 15.4. The van der Waals surface area contributed by atoms with Crippen molar-refractivity contribution in [3.05, 3.63) is 12.2 Å². The minimum absolute atomic E-state index is 0.109. The molecule has 1 aliphatic heterocycles. The van der Waals surface area contributed by atoms with Crippen molar-refractivity contribution < 1.29 is 48.3 Å². The molecule has 0 amide bonds. The van der Waals surface area contributed by atoms with Crippen LogP contribution in [0.2, 0.25) is 0 Å². The molecule has 2 bridgehead atoms. The van der Waals surface area contributed by atoms with Crippen molar-refractivity contribution in [1.29, 1.82) is 0 Å². The van der Waals surface area contributed by atoms with Crippen LogP contribution in [-0.2, 0) is 38.1 Å². The Morgan fingerprint density at radius 2 is 1.45 bits per heavy atom. The summed E-state index contributed by atoms with van der Waals surface area (Å²) in [7, 11) is 0. The van der Waals surface area contributed by atoms with Crippen LogP contribution in [0.1, 0.15) is 221 Å². The Balaban J connectivity index is 1.79. The normalized spacial score (nSPS) is 32.6. The Kier molecular flexibility index (Phi) is 16.7. The van der Waals surface area contributed by atoms with Gasteiger partial charge in [0.15, 0.2) is 0 Å². The van der Waals surface area contributed by atoms with Crippen LogP contribution in [0, 0.1) is 68.0 Å². The molecule has 0 aromatic heterocycles. The van der Waals surface area contributed by atoms with Gasteiger partial charge in [0.25, 0.3) is 0 Å². The molecule has 0 spiro atoms. The first kappa shape index (κ1) is 57.1. The van der Waals surface area contributed by atoms with E-state index in [2.05, 4.69) is 82.7 Å². The average molecular weight is 943 g/mol. The maximum absolute atomic E-state index is 15.4. The van der Waals surface area contributed by atoms with Gasteiger partial charge in [-0.05, 0) is 131 Å². The van der Waals surface area contributed by atoms with E-state index < -0.39 is 79.4 Å². The van der Waals surface area contributed by atoms with E-state index in [0.29, 0.717) is 56.8 Å². The fourth-order valence-corrected chi connectivity index (χ4v) is 13.2. The van der Waals surface area contributed by atoms with Crippen LogP contribution in [0.25, 0.3) is 0 Å². The van der Waals surface area contributed by atoms with Crippen molar-refractivity contribution in [3.63, 3.8) is 0 Å². The van der Waals surface area contributed by atoms with Gasteiger partial charge in [0.05, 0.1) is 35.1 Å². The molecule has 4 rings (SSSR count). The number of rotatable bonds is 19. The van der Waals surface area contributed by atoms with E-state index >= 15 is 9.59 Å². The molecule has 2 N–H and O–H groups in total. The lowest BCUT2D eigenvalue weighted by atomic mass is 9.50. The van der Waals surface area contributed by atoms with Gasteiger partial charge in [-0.15, -0.1) is 0 Å². The Morgan fingerprint density at radius 1 is 0.836 bits per heavy atom. The molecule has 10 nitrogen and oxygen atoms in total. The predicted molar refractivity (Wildman–Crippen MR) is 266 cm³/mol. The van der Waals surface area contributed by atoms with Crippen LogP contribution in [-0.4, -0.2) is 69.2 Å². The molecule has 67 heavy (non-hydrogen) atoms. The van der Waals surface area contributed by atoms with Gasteiger partial charge in [-0.25, -0.2) is 4.79 Å². The van der Waals surface area contributed by atoms with Gasteiger partial charge in [-0.3, -0.25) is 14.4 Å². The van der Waals surface area contributed by atoms with E-state index in [1.165, 1.54) is 6.42 Å². The molecule has 0 radical (unpaired) electrons. The molecular formula is C57H98O10. The monoisotopic (exact) mass is 943 g/mol. The number of fused-ring (bicyclic) bond motifs is 2. The van der Waals surface area contributed by atoms with Gasteiger partial charge >= 0.3 is 23.9 Å². The highest BCUT2D eigenvalue weighted by Gasteiger charge is 2.63. The highest BCUT2D eigenvalue weighted by atomic mass is 16.6. The summed E-state index contributed by atoms with van der Waals surface area (Å²) >= 11 is 0. The van der Waals surface area contributed by atoms with Gasteiger partial charge in [0.2, 0.25) is 6.10 Å². The first-order valence-corrected chi connectivity index (χ1v) is 26.2. The summed E-state index contributed by atoms with van der Waals surface area (Å²) in [5.74, 6) is -1.88. The molecule has 1 saturated heterocycles. The predicted octanol–water partition coefficient (Wildman–Crippen LogP) is 12.5. The first-order chi connectivity index (χ1) is 30.3. The summed E-state index contributed by atoms with van der Waals surface area (Å²) in [4.78, 5) is 58.1. The number of carbonyl (C=O) groups is 4. The van der Waals surface area contributed by atoms with Crippen LogP contribution in [0.5, 0.6) is 0 Å². The lowest BCUT2D eigenvalue weighted by Crippen LogP contribution is -2.61. The summed E-state index contributed by atoms with van der Waals surface area (Å²) in [5.41, 5.74) is -8.53. The number of esters is 4. The first-order valence-electron chi connectivity index (χ1n) is 26.2. The highest BCUT2D eigenvalue weighted by molar-refractivity contribution is 5.82. The molecule has 12 unspecified atom stereocenters. The third-order valence-corrected chi connectivity index (χ3v) is 19.7. The van der Waals surface area contributed by atoms with Gasteiger partial charge in [0, 0.05) is 24.7 Å². The zero-order valence-corrected chi connectivity index (χ0v) is 46.0. The fourth-order valence-electron chi connectivity index (χ4n) is 13.2. The topological polar surface area (TPSA) is 146 Å². The number of cyclic esters (lactones) is 1.